The third kappa shape index (κ3) is 2.78. The summed E-state index contributed by atoms with van der Waals surface area (Å²) in [6, 6.07) is 25.3. The molecule has 3 aromatic carbocycles. The van der Waals surface area contributed by atoms with Crippen molar-refractivity contribution in [1.82, 2.24) is 4.57 Å². The molecule has 0 saturated carbocycles. The molecule has 124 valence electrons. The van der Waals surface area contributed by atoms with Gasteiger partial charge in [0.2, 0.25) is 0 Å². The summed E-state index contributed by atoms with van der Waals surface area (Å²) in [5.74, 6) is 0. The van der Waals surface area contributed by atoms with E-state index in [1.54, 1.807) is 0 Å². The number of nitrogens with zero attached hydrogens (tertiary/aromatic N) is 3. The van der Waals surface area contributed by atoms with Crippen molar-refractivity contribution in [2.45, 2.75) is 6.92 Å². The molecule has 0 fully saturated rings. The molecule has 0 radical (unpaired) electrons. The molecule has 0 N–H and O–H groups in total. The largest absolute Gasteiger partial charge is 0.344 e. The highest BCUT2D eigenvalue weighted by atomic mass is 15.4. The van der Waals surface area contributed by atoms with Crippen LogP contribution in [0.25, 0.3) is 21.8 Å². The molecule has 3 heteroatoms. The maximum absolute atomic E-state index is 4.68. The normalized spacial score (nSPS) is 11.6. The second kappa shape index (κ2) is 6.44. The number of anilines is 1. The minimum Gasteiger partial charge on any atom is -0.344 e. The minimum absolute atomic E-state index is 0.830. The van der Waals surface area contributed by atoms with Crippen LogP contribution in [0.15, 0.2) is 77.9 Å². The monoisotopic (exact) mass is 327 g/mol. The van der Waals surface area contributed by atoms with Crippen molar-refractivity contribution in [3.05, 3.63) is 78.4 Å². The molecule has 0 saturated heterocycles. The van der Waals surface area contributed by atoms with E-state index in [2.05, 4.69) is 78.2 Å². The summed E-state index contributed by atoms with van der Waals surface area (Å²) in [6.07, 6.45) is 1.94. The van der Waals surface area contributed by atoms with Crippen LogP contribution < -0.4 is 5.01 Å². The van der Waals surface area contributed by atoms with Gasteiger partial charge in [0.25, 0.3) is 0 Å². The van der Waals surface area contributed by atoms with E-state index in [1.807, 2.05) is 29.4 Å². The molecular formula is C22H21N3. The predicted octanol–water partition coefficient (Wildman–Crippen LogP) is 5.19. The van der Waals surface area contributed by atoms with Gasteiger partial charge in [-0.1, -0.05) is 42.5 Å². The highest BCUT2D eigenvalue weighted by Crippen LogP contribution is 2.28. The highest BCUT2D eigenvalue weighted by molar-refractivity contribution is 6.09. The van der Waals surface area contributed by atoms with Crippen LogP contribution in [0.4, 0.5) is 5.69 Å². The lowest BCUT2D eigenvalue weighted by Crippen LogP contribution is -2.15. The number of aryl methyl sites for hydroxylation is 1. The zero-order valence-electron chi connectivity index (χ0n) is 14.6. The average Bonchev–Trinajstić information content (AvgIpc) is 2.96. The first-order valence-corrected chi connectivity index (χ1v) is 8.61. The Labute approximate surface area is 147 Å². The number of benzene rings is 3. The van der Waals surface area contributed by atoms with Crippen molar-refractivity contribution < 1.29 is 0 Å². The highest BCUT2D eigenvalue weighted by Gasteiger charge is 2.07. The number of hydrogen-bond donors (Lipinski definition) is 0. The van der Waals surface area contributed by atoms with Gasteiger partial charge in [0.05, 0.1) is 11.9 Å². The molecule has 0 aliphatic carbocycles. The quantitative estimate of drug-likeness (QED) is 0.373. The van der Waals surface area contributed by atoms with E-state index in [9.17, 15) is 0 Å². The van der Waals surface area contributed by atoms with Gasteiger partial charge < -0.3 is 4.57 Å². The van der Waals surface area contributed by atoms with Crippen molar-refractivity contribution in [3.8, 4) is 0 Å². The average molecular weight is 327 g/mol. The van der Waals surface area contributed by atoms with Crippen LogP contribution in [0.2, 0.25) is 0 Å². The standard InChI is InChI=1S/C22H21N3/c1-3-25(18-9-5-4-6-10-18)23-16-17-13-14-22-20(15-17)19-11-7-8-12-21(19)24(22)2/h4-16H,3H2,1-2H3/b23-16+. The molecule has 1 heterocycles. The molecule has 0 bridgehead atoms. The van der Waals surface area contributed by atoms with Crippen LogP contribution in [-0.2, 0) is 7.05 Å². The Hall–Kier alpha value is -3.07. The number of hydrogen-bond acceptors (Lipinski definition) is 2. The molecule has 4 rings (SSSR count). The van der Waals surface area contributed by atoms with Crippen LogP contribution in [-0.4, -0.2) is 17.3 Å². The van der Waals surface area contributed by atoms with Gasteiger partial charge in [0.1, 0.15) is 0 Å². The topological polar surface area (TPSA) is 20.5 Å². The number of hydrazone groups is 1. The third-order valence-corrected chi connectivity index (χ3v) is 4.64. The zero-order valence-corrected chi connectivity index (χ0v) is 14.6. The fourth-order valence-corrected chi connectivity index (χ4v) is 3.33. The van der Waals surface area contributed by atoms with E-state index in [0.29, 0.717) is 0 Å². The Morgan fingerprint density at radius 3 is 2.40 bits per heavy atom. The van der Waals surface area contributed by atoms with Gasteiger partial charge in [-0.15, -0.1) is 0 Å². The summed E-state index contributed by atoms with van der Waals surface area (Å²) in [5.41, 5.74) is 4.71. The Morgan fingerprint density at radius 1 is 0.880 bits per heavy atom. The maximum Gasteiger partial charge on any atom is 0.0593 e. The summed E-state index contributed by atoms with van der Waals surface area (Å²) in [4.78, 5) is 0. The molecule has 4 aromatic rings. The van der Waals surface area contributed by atoms with Gasteiger partial charge in [0.15, 0.2) is 0 Å². The minimum atomic E-state index is 0.830. The Bertz CT molecular complexity index is 1040. The molecule has 0 aliphatic heterocycles. The van der Waals surface area contributed by atoms with E-state index in [-0.39, 0.29) is 0 Å². The molecule has 0 spiro atoms. The van der Waals surface area contributed by atoms with E-state index in [1.165, 1.54) is 21.8 Å². The van der Waals surface area contributed by atoms with Crippen LogP contribution in [0, 0.1) is 0 Å². The van der Waals surface area contributed by atoms with Crippen LogP contribution in [0.5, 0.6) is 0 Å². The predicted molar refractivity (Wildman–Crippen MR) is 107 cm³/mol. The Morgan fingerprint density at radius 2 is 1.60 bits per heavy atom. The summed E-state index contributed by atoms with van der Waals surface area (Å²) in [7, 11) is 2.12. The van der Waals surface area contributed by atoms with Crippen LogP contribution in [0.1, 0.15) is 12.5 Å². The van der Waals surface area contributed by atoms with Gasteiger partial charge >= 0.3 is 0 Å². The van der Waals surface area contributed by atoms with Crippen LogP contribution >= 0.6 is 0 Å². The molecule has 0 aliphatic rings. The lowest BCUT2D eigenvalue weighted by Gasteiger charge is -2.16. The first-order chi connectivity index (χ1) is 12.3. The fraction of sp³-hybridized carbons (Fsp3) is 0.136. The molecule has 0 amide bonds. The van der Waals surface area contributed by atoms with Gasteiger partial charge in [-0.2, -0.15) is 5.10 Å². The first kappa shape index (κ1) is 15.5. The second-order valence-corrected chi connectivity index (χ2v) is 6.15. The van der Waals surface area contributed by atoms with Gasteiger partial charge in [-0.3, -0.25) is 5.01 Å². The Balaban J connectivity index is 1.73. The number of aromatic nitrogens is 1. The molecule has 25 heavy (non-hydrogen) atoms. The lowest BCUT2D eigenvalue weighted by molar-refractivity contribution is 0.897. The number of fused-ring (bicyclic) bond motifs is 3. The first-order valence-electron chi connectivity index (χ1n) is 8.61. The number of rotatable bonds is 4. The van der Waals surface area contributed by atoms with E-state index in [0.717, 1.165) is 17.8 Å². The summed E-state index contributed by atoms with van der Waals surface area (Å²) < 4.78 is 2.24. The zero-order chi connectivity index (χ0) is 17.2. The summed E-state index contributed by atoms with van der Waals surface area (Å²) >= 11 is 0. The summed E-state index contributed by atoms with van der Waals surface area (Å²) in [6.45, 7) is 2.94. The summed E-state index contributed by atoms with van der Waals surface area (Å²) in [5, 5.41) is 9.24. The SMILES string of the molecule is CCN(/N=C/c1ccc2c(c1)c1ccccc1n2C)c1ccccc1. The third-order valence-electron chi connectivity index (χ3n) is 4.64. The van der Waals surface area contributed by atoms with E-state index >= 15 is 0 Å². The number of para-hydroxylation sites is 2. The van der Waals surface area contributed by atoms with Crippen molar-refractivity contribution in [2.75, 3.05) is 11.6 Å². The van der Waals surface area contributed by atoms with Crippen molar-refractivity contribution in [2.24, 2.45) is 12.1 Å². The second-order valence-electron chi connectivity index (χ2n) is 6.15. The van der Waals surface area contributed by atoms with Crippen molar-refractivity contribution >= 4 is 33.7 Å². The Kier molecular flexibility index (Phi) is 3.98. The fourth-order valence-electron chi connectivity index (χ4n) is 3.33. The lowest BCUT2D eigenvalue weighted by atomic mass is 10.1. The van der Waals surface area contributed by atoms with Crippen LogP contribution in [0.3, 0.4) is 0 Å². The smallest absolute Gasteiger partial charge is 0.0593 e. The molecule has 1 aromatic heterocycles. The molecular weight excluding hydrogens is 306 g/mol. The van der Waals surface area contributed by atoms with Gasteiger partial charge in [0, 0.05) is 35.4 Å². The molecule has 0 atom stereocenters. The maximum atomic E-state index is 4.68. The van der Waals surface area contributed by atoms with Crippen molar-refractivity contribution in [3.63, 3.8) is 0 Å². The van der Waals surface area contributed by atoms with E-state index in [4.69, 9.17) is 0 Å². The van der Waals surface area contributed by atoms with Gasteiger partial charge in [-0.05, 0) is 42.8 Å². The van der Waals surface area contributed by atoms with Crippen molar-refractivity contribution in [1.29, 1.82) is 0 Å². The molecule has 0 unspecified atom stereocenters. The van der Waals surface area contributed by atoms with E-state index < -0.39 is 0 Å². The van der Waals surface area contributed by atoms with Gasteiger partial charge in [-0.25, -0.2) is 0 Å². The molecule has 3 nitrogen and oxygen atoms in total.